The van der Waals surface area contributed by atoms with Crippen molar-refractivity contribution in [3.8, 4) is 0 Å². The van der Waals surface area contributed by atoms with Gasteiger partial charge in [0.1, 0.15) is 0 Å². The zero-order valence-electron chi connectivity index (χ0n) is 6.91. The van der Waals surface area contributed by atoms with Crippen molar-refractivity contribution >= 4 is 33.7 Å². The fourth-order valence-electron chi connectivity index (χ4n) is 0.753. The lowest BCUT2D eigenvalue weighted by Crippen LogP contribution is -2.00. The van der Waals surface area contributed by atoms with E-state index in [-0.39, 0.29) is 0 Å². The minimum Gasteiger partial charge on any atom is -0.276 e. The molecule has 0 bridgehead atoms. The van der Waals surface area contributed by atoms with Crippen molar-refractivity contribution in [1.82, 2.24) is 0 Å². The molecule has 1 rings (SSSR count). The molecule has 0 aliphatic heterocycles. The first-order valence-electron chi connectivity index (χ1n) is 3.58. The van der Waals surface area contributed by atoms with Crippen LogP contribution >= 0.6 is 23.4 Å². The maximum Gasteiger partial charge on any atom is 0.299 e. The van der Waals surface area contributed by atoms with Gasteiger partial charge >= 0.3 is 0 Å². The molecular weight excluding hydrogens is 208 g/mol. The molecule has 0 spiro atoms. The lowest BCUT2D eigenvalue weighted by Gasteiger charge is -1.96. The normalized spacial score (nSPS) is 9.69. The van der Waals surface area contributed by atoms with Crippen LogP contribution < -0.4 is 0 Å². The quantitative estimate of drug-likeness (QED) is 0.431. The minimum absolute atomic E-state index is 0.648. The lowest BCUT2D eigenvalue weighted by atomic mass is 10.2. The molecule has 0 aliphatic rings. The van der Waals surface area contributed by atoms with E-state index >= 15 is 0 Å². The molecule has 0 amide bonds. The van der Waals surface area contributed by atoms with Gasteiger partial charge in [0.2, 0.25) is 0 Å². The van der Waals surface area contributed by atoms with Crippen LogP contribution in [0.3, 0.4) is 0 Å². The first-order valence-corrected chi connectivity index (χ1v) is 4.77. The number of hydrogen-bond donors (Lipinski definition) is 0. The number of carbonyl (C=O) groups is 2. The van der Waals surface area contributed by atoms with Crippen molar-refractivity contribution in [2.45, 2.75) is 11.8 Å². The van der Waals surface area contributed by atoms with E-state index in [4.69, 9.17) is 11.6 Å². The third-order valence-corrected chi connectivity index (χ3v) is 2.55. The Hall–Kier alpha value is -0.800. The summed E-state index contributed by atoms with van der Waals surface area (Å²) in [7, 11) is 0. The van der Waals surface area contributed by atoms with Crippen molar-refractivity contribution < 1.29 is 9.59 Å². The molecule has 0 unspecified atom stereocenters. The van der Waals surface area contributed by atoms with Gasteiger partial charge in [-0.2, -0.15) is 0 Å². The first-order chi connectivity index (χ1) is 6.09. The van der Waals surface area contributed by atoms with Crippen molar-refractivity contribution in [1.29, 1.82) is 0 Å². The van der Waals surface area contributed by atoms with Crippen molar-refractivity contribution in [3.05, 3.63) is 29.8 Å². The van der Waals surface area contributed by atoms with E-state index in [2.05, 4.69) is 0 Å². The summed E-state index contributed by atoms with van der Waals surface area (Å²) in [6.07, 6.45) is 0. The lowest BCUT2D eigenvalue weighted by molar-refractivity contribution is -0.126. The van der Waals surface area contributed by atoms with Crippen molar-refractivity contribution in [2.75, 3.05) is 0 Å². The maximum atomic E-state index is 10.9. The minimum atomic E-state index is -0.939. The Morgan fingerprint density at radius 3 is 2.23 bits per heavy atom. The van der Waals surface area contributed by atoms with Gasteiger partial charge in [-0.25, -0.2) is 0 Å². The Bertz CT molecular complexity index is 332. The summed E-state index contributed by atoms with van der Waals surface area (Å²) < 4.78 is 0. The summed E-state index contributed by atoms with van der Waals surface area (Å²) in [6, 6.07) is 7.29. The molecule has 0 aliphatic carbocycles. The van der Waals surface area contributed by atoms with Gasteiger partial charge in [-0.05, 0) is 42.4 Å². The SMILES string of the molecule is Cc1ccc(SC(=O)C(=O)Cl)cc1. The molecule has 68 valence electrons. The molecule has 0 saturated carbocycles. The van der Waals surface area contributed by atoms with E-state index in [0.29, 0.717) is 0 Å². The molecule has 0 heterocycles. The molecule has 0 saturated heterocycles. The molecular formula is C9H7ClO2S. The Morgan fingerprint density at radius 2 is 1.77 bits per heavy atom. The molecule has 13 heavy (non-hydrogen) atoms. The van der Waals surface area contributed by atoms with Gasteiger partial charge in [-0.3, -0.25) is 9.59 Å². The molecule has 0 aromatic heterocycles. The van der Waals surface area contributed by atoms with Gasteiger partial charge < -0.3 is 0 Å². The van der Waals surface area contributed by atoms with E-state index in [1.807, 2.05) is 19.1 Å². The standard InChI is InChI=1S/C9H7ClO2S/c1-6-2-4-7(5-3-6)13-9(12)8(10)11/h2-5H,1H3. The van der Waals surface area contributed by atoms with Crippen LogP contribution in [0, 0.1) is 6.92 Å². The number of benzene rings is 1. The highest BCUT2D eigenvalue weighted by molar-refractivity contribution is 8.15. The second kappa shape index (κ2) is 4.44. The van der Waals surface area contributed by atoms with E-state index in [0.717, 1.165) is 22.2 Å². The highest BCUT2D eigenvalue weighted by Crippen LogP contribution is 2.19. The third kappa shape index (κ3) is 3.20. The van der Waals surface area contributed by atoms with Gasteiger partial charge in [0.05, 0.1) is 0 Å². The molecule has 1 aromatic rings. The smallest absolute Gasteiger partial charge is 0.276 e. The maximum absolute atomic E-state index is 10.9. The molecule has 1 aromatic carbocycles. The largest absolute Gasteiger partial charge is 0.299 e. The Labute approximate surface area is 85.3 Å². The Morgan fingerprint density at radius 1 is 1.23 bits per heavy atom. The van der Waals surface area contributed by atoms with Crippen molar-refractivity contribution in [2.24, 2.45) is 0 Å². The number of halogens is 1. The van der Waals surface area contributed by atoms with E-state index in [1.54, 1.807) is 12.1 Å². The molecule has 0 fully saturated rings. The van der Waals surface area contributed by atoms with Gasteiger partial charge in [0.15, 0.2) is 0 Å². The van der Waals surface area contributed by atoms with E-state index in [9.17, 15) is 9.59 Å². The second-order valence-electron chi connectivity index (χ2n) is 2.48. The predicted molar refractivity (Wildman–Crippen MR) is 52.9 cm³/mol. The van der Waals surface area contributed by atoms with Gasteiger partial charge in [-0.1, -0.05) is 17.7 Å². The highest BCUT2D eigenvalue weighted by Gasteiger charge is 2.11. The van der Waals surface area contributed by atoms with Crippen LogP contribution in [0.1, 0.15) is 5.56 Å². The molecule has 0 N–H and O–H groups in total. The van der Waals surface area contributed by atoms with Crippen LogP contribution in [0.15, 0.2) is 29.2 Å². The fourth-order valence-corrected chi connectivity index (χ4v) is 1.44. The van der Waals surface area contributed by atoms with Crippen LogP contribution in [0.2, 0.25) is 0 Å². The summed E-state index contributed by atoms with van der Waals surface area (Å²) in [5, 5.41) is -1.59. The van der Waals surface area contributed by atoms with Crippen LogP contribution in [-0.2, 0) is 9.59 Å². The molecule has 4 heteroatoms. The fraction of sp³-hybridized carbons (Fsp3) is 0.111. The molecule has 2 nitrogen and oxygen atoms in total. The van der Waals surface area contributed by atoms with Gasteiger partial charge in [-0.15, -0.1) is 0 Å². The summed E-state index contributed by atoms with van der Waals surface area (Å²) in [5.41, 5.74) is 1.11. The predicted octanol–water partition coefficient (Wildman–Crippen LogP) is 2.38. The Balaban J connectivity index is 2.70. The zero-order chi connectivity index (χ0) is 9.84. The van der Waals surface area contributed by atoms with Crippen LogP contribution in [0.5, 0.6) is 0 Å². The monoisotopic (exact) mass is 214 g/mol. The van der Waals surface area contributed by atoms with E-state index < -0.39 is 10.4 Å². The summed E-state index contributed by atoms with van der Waals surface area (Å²) >= 11 is 5.84. The number of thioether (sulfide) groups is 1. The van der Waals surface area contributed by atoms with Gasteiger partial charge in [0, 0.05) is 4.90 Å². The average Bonchev–Trinajstić information content (AvgIpc) is 2.08. The number of aryl methyl sites for hydroxylation is 1. The Kier molecular flexibility index (Phi) is 3.51. The summed E-state index contributed by atoms with van der Waals surface area (Å²) in [4.78, 5) is 22.0. The highest BCUT2D eigenvalue weighted by atomic mass is 35.5. The van der Waals surface area contributed by atoms with Crippen LogP contribution in [0.4, 0.5) is 0 Å². The van der Waals surface area contributed by atoms with Crippen LogP contribution in [-0.4, -0.2) is 10.4 Å². The summed E-state index contributed by atoms with van der Waals surface area (Å²) in [6.45, 7) is 1.95. The first kappa shape index (κ1) is 10.3. The number of hydrogen-bond acceptors (Lipinski definition) is 3. The van der Waals surface area contributed by atoms with Gasteiger partial charge in [0.25, 0.3) is 10.4 Å². The second-order valence-corrected chi connectivity index (χ2v) is 3.87. The van der Waals surface area contributed by atoms with Crippen LogP contribution in [0.25, 0.3) is 0 Å². The molecule has 0 radical (unpaired) electrons. The average molecular weight is 215 g/mol. The topological polar surface area (TPSA) is 34.1 Å². The van der Waals surface area contributed by atoms with Crippen molar-refractivity contribution in [3.63, 3.8) is 0 Å². The number of carbonyl (C=O) groups excluding carboxylic acids is 2. The molecule has 0 atom stereocenters. The third-order valence-electron chi connectivity index (χ3n) is 1.39. The number of rotatable bonds is 2. The van der Waals surface area contributed by atoms with E-state index in [1.165, 1.54) is 0 Å². The zero-order valence-corrected chi connectivity index (χ0v) is 8.48. The summed E-state index contributed by atoms with van der Waals surface area (Å²) in [5.74, 6) is 0.